The first kappa shape index (κ1) is 9.41. The van der Waals surface area contributed by atoms with E-state index in [0.717, 1.165) is 30.0 Å². The Labute approximate surface area is 92.6 Å². The second-order valence-corrected chi connectivity index (χ2v) is 3.90. The first-order valence-corrected chi connectivity index (χ1v) is 5.18. The quantitative estimate of drug-likeness (QED) is 0.746. The molecular formula is C10H13N5O. The van der Waals surface area contributed by atoms with Gasteiger partial charge in [0.15, 0.2) is 5.82 Å². The number of anilines is 1. The van der Waals surface area contributed by atoms with Crippen LogP contribution in [0.4, 0.5) is 5.82 Å². The Morgan fingerprint density at radius 1 is 1.50 bits per heavy atom. The molecule has 1 aliphatic heterocycles. The van der Waals surface area contributed by atoms with E-state index in [9.17, 15) is 0 Å². The van der Waals surface area contributed by atoms with Gasteiger partial charge in [0.1, 0.15) is 5.69 Å². The fourth-order valence-electron chi connectivity index (χ4n) is 1.99. The molecule has 3 rings (SSSR count). The van der Waals surface area contributed by atoms with E-state index in [2.05, 4.69) is 10.2 Å². The van der Waals surface area contributed by atoms with Gasteiger partial charge in [-0.2, -0.15) is 5.10 Å². The smallest absolute Gasteiger partial charge is 0.151 e. The highest BCUT2D eigenvalue weighted by molar-refractivity contribution is 5.46. The SMILES string of the molecule is Cn1cc(-n2nc(N)c3c2CCOC3)cn1. The minimum Gasteiger partial charge on any atom is -0.382 e. The first-order chi connectivity index (χ1) is 7.75. The molecule has 0 saturated heterocycles. The van der Waals surface area contributed by atoms with Crippen molar-refractivity contribution in [2.45, 2.75) is 13.0 Å². The molecule has 2 N–H and O–H groups in total. The second kappa shape index (κ2) is 3.34. The third kappa shape index (κ3) is 1.30. The molecule has 0 amide bonds. The molecule has 0 fully saturated rings. The molecule has 0 unspecified atom stereocenters. The van der Waals surface area contributed by atoms with Gasteiger partial charge < -0.3 is 10.5 Å². The Kier molecular flexibility index (Phi) is 1.97. The van der Waals surface area contributed by atoms with Gasteiger partial charge in [0, 0.05) is 19.0 Å². The molecule has 0 saturated carbocycles. The van der Waals surface area contributed by atoms with E-state index >= 15 is 0 Å². The number of ether oxygens (including phenoxy) is 1. The molecule has 3 heterocycles. The molecule has 84 valence electrons. The molecular weight excluding hydrogens is 206 g/mol. The maximum absolute atomic E-state index is 5.87. The van der Waals surface area contributed by atoms with Crippen LogP contribution in [-0.2, 0) is 24.8 Å². The number of hydrogen-bond donors (Lipinski definition) is 1. The number of aryl methyl sites for hydroxylation is 1. The summed E-state index contributed by atoms with van der Waals surface area (Å²) in [6.45, 7) is 1.28. The monoisotopic (exact) mass is 219 g/mol. The van der Waals surface area contributed by atoms with E-state index in [1.807, 2.05) is 17.9 Å². The van der Waals surface area contributed by atoms with E-state index < -0.39 is 0 Å². The molecule has 0 atom stereocenters. The van der Waals surface area contributed by atoms with Gasteiger partial charge in [-0.1, -0.05) is 0 Å². The van der Waals surface area contributed by atoms with Crippen molar-refractivity contribution in [2.75, 3.05) is 12.3 Å². The lowest BCUT2D eigenvalue weighted by molar-refractivity contribution is 0.110. The fourth-order valence-corrected chi connectivity index (χ4v) is 1.99. The summed E-state index contributed by atoms with van der Waals surface area (Å²) in [6, 6.07) is 0. The van der Waals surface area contributed by atoms with Crippen LogP contribution >= 0.6 is 0 Å². The molecule has 0 spiro atoms. The van der Waals surface area contributed by atoms with Crippen molar-refractivity contribution in [2.24, 2.45) is 7.05 Å². The fraction of sp³-hybridized carbons (Fsp3) is 0.400. The summed E-state index contributed by atoms with van der Waals surface area (Å²) in [6.07, 6.45) is 4.54. The lowest BCUT2D eigenvalue weighted by Gasteiger charge is -2.13. The summed E-state index contributed by atoms with van der Waals surface area (Å²) in [5.41, 5.74) is 8.95. The maximum Gasteiger partial charge on any atom is 0.151 e. The molecule has 0 aliphatic carbocycles. The largest absolute Gasteiger partial charge is 0.382 e. The summed E-state index contributed by atoms with van der Waals surface area (Å²) in [4.78, 5) is 0. The lowest BCUT2D eigenvalue weighted by atomic mass is 10.1. The van der Waals surface area contributed by atoms with Crippen molar-refractivity contribution in [1.82, 2.24) is 19.6 Å². The predicted octanol–water partition coefficient (Wildman–Crippen LogP) is 0.261. The Bertz CT molecular complexity index is 527. The van der Waals surface area contributed by atoms with Crippen molar-refractivity contribution >= 4 is 5.82 Å². The third-order valence-corrected chi connectivity index (χ3v) is 2.79. The van der Waals surface area contributed by atoms with E-state index in [4.69, 9.17) is 10.5 Å². The average Bonchev–Trinajstić information content (AvgIpc) is 2.84. The zero-order chi connectivity index (χ0) is 11.1. The molecule has 1 aliphatic rings. The number of fused-ring (bicyclic) bond motifs is 1. The van der Waals surface area contributed by atoms with Gasteiger partial charge in [0.25, 0.3) is 0 Å². The van der Waals surface area contributed by atoms with Gasteiger partial charge in [-0.05, 0) is 0 Å². The van der Waals surface area contributed by atoms with Crippen LogP contribution in [0.2, 0.25) is 0 Å². The molecule has 0 aromatic carbocycles. The van der Waals surface area contributed by atoms with Crippen molar-refractivity contribution in [1.29, 1.82) is 0 Å². The molecule has 0 bridgehead atoms. The van der Waals surface area contributed by atoms with Crippen LogP contribution in [0.15, 0.2) is 12.4 Å². The number of aromatic nitrogens is 4. The van der Waals surface area contributed by atoms with Gasteiger partial charge >= 0.3 is 0 Å². The lowest BCUT2D eigenvalue weighted by Crippen LogP contribution is -2.12. The van der Waals surface area contributed by atoms with E-state index in [1.54, 1.807) is 10.9 Å². The van der Waals surface area contributed by atoms with E-state index in [0.29, 0.717) is 12.4 Å². The number of nitrogens with zero attached hydrogens (tertiary/aromatic N) is 4. The summed E-state index contributed by atoms with van der Waals surface area (Å²) in [7, 11) is 1.88. The predicted molar refractivity (Wildman–Crippen MR) is 58.1 cm³/mol. The van der Waals surface area contributed by atoms with Crippen LogP contribution in [0.5, 0.6) is 0 Å². The van der Waals surface area contributed by atoms with Crippen LogP contribution in [-0.4, -0.2) is 26.2 Å². The Morgan fingerprint density at radius 3 is 3.12 bits per heavy atom. The van der Waals surface area contributed by atoms with Crippen molar-refractivity contribution < 1.29 is 4.74 Å². The van der Waals surface area contributed by atoms with E-state index in [1.165, 1.54) is 0 Å². The minimum atomic E-state index is 0.554. The maximum atomic E-state index is 5.87. The normalized spacial score (nSPS) is 15.1. The third-order valence-electron chi connectivity index (χ3n) is 2.79. The molecule has 2 aromatic rings. The highest BCUT2D eigenvalue weighted by Crippen LogP contribution is 2.24. The number of hydrogen-bond acceptors (Lipinski definition) is 4. The molecule has 2 aromatic heterocycles. The van der Waals surface area contributed by atoms with Gasteiger partial charge in [0.05, 0.1) is 31.3 Å². The van der Waals surface area contributed by atoms with Crippen molar-refractivity contribution in [3.8, 4) is 5.69 Å². The van der Waals surface area contributed by atoms with Crippen LogP contribution < -0.4 is 5.73 Å². The van der Waals surface area contributed by atoms with Crippen LogP contribution in [0, 0.1) is 0 Å². The summed E-state index contributed by atoms with van der Waals surface area (Å²) in [5.74, 6) is 0.554. The van der Waals surface area contributed by atoms with Crippen LogP contribution in [0.3, 0.4) is 0 Å². The minimum absolute atomic E-state index is 0.554. The molecule has 6 heteroatoms. The van der Waals surface area contributed by atoms with Crippen LogP contribution in [0.25, 0.3) is 5.69 Å². The van der Waals surface area contributed by atoms with Crippen molar-refractivity contribution in [3.05, 3.63) is 23.7 Å². The molecule has 16 heavy (non-hydrogen) atoms. The Hall–Kier alpha value is -1.82. The highest BCUT2D eigenvalue weighted by atomic mass is 16.5. The standard InChI is InChI=1S/C10H13N5O/c1-14-5-7(4-12-14)15-9-2-3-16-6-8(9)10(11)13-15/h4-5H,2-3,6H2,1H3,(H2,11,13). The number of rotatable bonds is 1. The zero-order valence-electron chi connectivity index (χ0n) is 9.05. The van der Waals surface area contributed by atoms with Gasteiger partial charge in [-0.15, -0.1) is 5.10 Å². The molecule has 6 nitrogen and oxygen atoms in total. The highest BCUT2D eigenvalue weighted by Gasteiger charge is 2.20. The summed E-state index contributed by atoms with van der Waals surface area (Å²) >= 11 is 0. The van der Waals surface area contributed by atoms with Gasteiger partial charge in [0.2, 0.25) is 0 Å². The summed E-state index contributed by atoms with van der Waals surface area (Å²) in [5, 5.41) is 8.47. The Balaban J connectivity index is 2.14. The number of nitrogens with two attached hydrogens (primary N) is 1. The number of nitrogen functional groups attached to an aromatic ring is 1. The Morgan fingerprint density at radius 2 is 2.38 bits per heavy atom. The van der Waals surface area contributed by atoms with Gasteiger partial charge in [-0.25, -0.2) is 4.68 Å². The van der Waals surface area contributed by atoms with E-state index in [-0.39, 0.29) is 0 Å². The van der Waals surface area contributed by atoms with Crippen molar-refractivity contribution in [3.63, 3.8) is 0 Å². The zero-order valence-corrected chi connectivity index (χ0v) is 9.05. The van der Waals surface area contributed by atoms with Gasteiger partial charge in [-0.3, -0.25) is 4.68 Å². The summed E-state index contributed by atoms with van der Waals surface area (Å²) < 4.78 is 8.99. The molecule has 0 radical (unpaired) electrons. The average molecular weight is 219 g/mol. The van der Waals surface area contributed by atoms with Crippen LogP contribution in [0.1, 0.15) is 11.3 Å². The first-order valence-electron chi connectivity index (χ1n) is 5.18. The topological polar surface area (TPSA) is 70.9 Å². The second-order valence-electron chi connectivity index (χ2n) is 3.90.